The standard InChI is InChI=1S/C14H18N6OS/c1-7(2)4-9-6-22-13-11(9)12(16-8(3)17-13)15-5-10-18-14(21)20-19-10/h6-7H,4-5H2,1-3H3,(H,15,16,17)(H2,18,19,20,21). The second-order valence-electron chi connectivity index (χ2n) is 5.64. The number of aryl methyl sites for hydroxylation is 1. The zero-order valence-electron chi connectivity index (χ0n) is 12.7. The van der Waals surface area contributed by atoms with E-state index in [0.29, 0.717) is 18.3 Å². The first-order valence-electron chi connectivity index (χ1n) is 7.15. The molecule has 3 heterocycles. The largest absolute Gasteiger partial charge is 0.362 e. The van der Waals surface area contributed by atoms with Crippen molar-refractivity contribution in [2.24, 2.45) is 5.92 Å². The highest BCUT2D eigenvalue weighted by Crippen LogP contribution is 2.31. The number of rotatable bonds is 5. The Morgan fingerprint density at radius 3 is 2.86 bits per heavy atom. The molecule has 0 saturated heterocycles. The van der Waals surface area contributed by atoms with E-state index < -0.39 is 0 Å². The van der Waals surface area contributed by atoms with Gasteiger partial charge in [-0.1, -0.05) is 13.8 Å². The summed E-state index contributed by atoms with van der Waals surface area (Å²) in [5.41, 5.74) is 0.949. The summed E-state index contributed by atoms with van der Waals surface area (Å²) in [6, 6.07) is 0. The minimum atomic E-state index is -0.308. The first kappa shape index (κ1) is 14.7. The number of anilines is 1. The molecule has 0 bridgehead atoms. The van der Waals surface area contributed by atoms with Gasteiger partial charge in [0.05, 0.1) is 11.9 Å². The molecule has 0 unspecified atom stereocenters. The van der Waals surface area contributed by atoms with E-state index in [-0.39, 0.29) is 5.69 Å². The van der Waals surface area contributed by atoms with Gasteiger partial charge in [-0.2, -0.15) is 5.10 Å². The molecule has 0 fully saturated rings. The molecule has 3 aromatic heterocycles. The molecule has 3 N–H and O–H groups in total. The molecule has 116 valence electrons. The number of aromatic nitrogens is 5. The van der Waals surface area contributed by atoms with Gasteiger partial charge in [0, 0.05) is 0 Å². The third-order valence-electron chi connectivity index (χ3n) is 3.22. The van der Waals surface area contributed by atoms with E-state index in [0.717, 1.165) is 28.3 Å². The Kier molecular flexibility index (Phi) is 3.93. The summed E-state index contributed by atoms with van der Waals surface area (Å²) in [4.78, 5) is 23.7. The molecule has 0 aliphatic rings. The van der Waals surface area contributed by atoms with Crippen LogP contribution < -0.4 is 11.0 Å². The average Bonchev–Trinajstić information content (AvgIpc) is 3.02. The summed E-state index contributed by atoms with van der Waals surface area (Å²) < 4.78 is 0. The second kappa shape index (κ2) is 5.88. The summed E-state index contributed by atoms with van der Waals surface area (Å²) in [5, 5.41) is 12.7. The maximum absolute atomic E-state index is 11.1. The highest BCUT2D eigenvalue weighted by Gasteiger charge is 2.14. The molecule has 8 heteroatoms. The lowest BCUT2D eigenvalue weighted by molar-refractivity contribution is 0.651. The van der Waals surface area contributed by atoms with Gasteiger partial charge >= 0.3 is 5.69 Å². The highest BCUT2D eigenvalue weighted by atomic mass is 32.1. The van der Waals surface area contributed by atoms with Crippen LogP contribution >= 0.6 is 11.3 Å². The quantitative estimate of drug-likeness (QED) is 0.670. The van der Waals surface area contributed by atoms with Crippen molar-refractivity contribution in [3.63, 3.8) is 0 Å². The van der Waals surface area contributed by atoms with Gasteiger partial charge in [0.2, 0.25) is 0 Å². The number of hydrogen-bond acceptors (Lipinski definition) is 6. The third kappa shape index (κ3) is 3.01. The Morgan fingerprint density at radius 2 is 2.18 bits per heavy atom. The van der Waals surface area contributed by atoms with E-state index in [1.165, 1.54) is 5.56 Å². The molecular formula is C14H18N6OS. The molecule has 0 amide bonds. The SMILES string of the molecule is Cc1nc(NCc2n[nH]c(=O)[nH]2)c2c(CC(C)C)csc2n1. The maximum atomic E-state index is 11.1. The average molecular weight is 318 g/mol. The van der Waals surface area contributed by atoms with Gasteiger partial charge in [-0.25, -0.2) is 19.9 Å². The summed E-state index contributed by atoms with van der Waals surface area (Å²) in [6.45, 7) is 6.67. The summed E-state index contributed by atoms with van der Waals surface area (Å²) in [5.74, 6) is 2.64. The van der Waals surface area contributed by atoms with Crippen molar-refractivity contribution >= 4 is 27.4 Å². The lowest BCUT2D eigenvalue weighted by Crippen LogP contribution is -2.07. The Hall–Kier alpha value is -2.22. The maximum Gasteiger partial charge on any atom is 0.340 e. The molecule has 3 rings (SSSR count). The highest BCUT2D eigenvalue weighted by molar-refractivity contribution is 7.17. The van der Waals surface area contributed by atoms with Crippen LogP contribution in [0.15, 0.2) is 10.2 Å². The molecule has 0 aromatic carbocycles. The molecule has 0 aliphatic carbocycles. The van der Waals surface area contributed by atoms with E-state index in [9.17, 15) is 4.79 Å². The van der Waals surface area contributed by atoms with Crippen molar-refractivity contribution in [2.45, 2.75) is 33.7 Å². The molecule has 3 aromatic rings. The number of nitrogens with zero attached hydrogens (tertiary/aromatic N) is 3. The normalized spacial score (nSPS) is 11.5. The first-order chi connectivity index (χ1) is 10.5. The molecule has 0 radical (unpaired) electrons. The fraction of sp³-hybridized carbons (Fsp3) is 0.429. The Bertz CT molecular complexity index is 847. The van der Waals surface area contributed by atoms with Gasteiger partial charge in [-0.15, -0.1) is 11.3 Å². The Balaban J connectivity index is 1.95. The van der Waals surface area contributed by atoms with Gasteiger partial charge < -0.3 is 5.32 Å². The molecule has 0 spiro atoms. The zero-order chi connectivity index (χ0) is 15.7. The second-order valence-corrected chi connectivity index (χ2v) is 6.49. The van der Waals surface area contributed by atoms with Crippen molar-refractivity contribution in [3.05, 3.63) is 33.1 Å². The van der Waals surface area contributed by atoms with E-state index in [1.54, 1.807) is 11.3 Å². The van der Waals surface area contributed by atoms with Gasteiger partial charge in [0.25, 0.3) is 0 Å². The van der Waals surface area contributed by atoms with Crippen LogP contribution in [0.4, 0.5) is 5.82 Å². The number of hydrogen-bond donors (Lipinski definition) is 3. The molecular weight excluding hydrogens is 300 g/mol. The van der Waals surface area contributed by atoms with Gasteiger partial charge in [0.1, 0.15) is 22.3 Å². The molecule has 0 atom stereocenters. The van der Waals surface area contributed by atoms with Crippen molar-refractivity contribution in [2.75, 3.05) is 5.32 Å². The number of nitrogens with one attached hydrogen (secondary N) is 3. The molecule has 7 nitrogen and oxygen atoms in total. The van der Waals surface area contributed by atoms with Crippen molar-refractivity contribution in [1.82, 2.24) is 25.1 Å². The van der Waals surface area contributed by atoms with Gasteiger partial charge in [-0.05, 0) is 30.2 Å². The monoisotopic (exact) mass is 318 g/mol. The number of aromatic amines is 2. The third-order valence-corrected chi connectivity index (χ3v) is 4.14. The van der Waals surface area contributed by atoms with Crippen LogP contribution in [0.2, 0.25) is 0 Å². The lowest BCUT2D eigenvalue weighted by atomic mass is 10.0. The fourth-order valence-corrected chi connectivity index (χ4v) is 3.38. The lowest BCUT2D eigenvalue weighted by Gasteiger charge is -2.09. The fourth-order valence-electron chi connectivity index (χ4n) is 2.38. The van der Waals surface area contributed by atoms with Gasteiger partial charge in [0.15, 0.2) is 0 Å². The number of H-pyrrole nitrogens is 2. The zero-order valence-corrected chi connectivity index (χ0v) is 13.5. The predicted octanol–water partition coefficient (Wildman–Crippen LogP) is 2.22. The van der Waals surface area contributed by atoms with E-state index in [4.69, 9.17) is 0 Å². The van der Waals surface area contributed by atoms with Crippen molar-refractivity contribution < 1.29 is 0 Å². The first-order valence-corrected chi connectivity index (χ1v) is 8.03. The van der Waals surface area contributed by atoms with Gasteiger partial charge in [-0.3, -0.25) is 4.98 Å². The Morgan fingerprint density at radius 1 is 1.36 bits per heavy atom. The number of thiophene rings is 1. The van der Waals surface area contributed by atoms with E-state index in [2.05, 4.69) is 49.7 Å². The van der Waals surface area contributed by atoms with Crippen LogP contribution in [-0.4, -0.2) is 25.1 Å². The van der Waals surface area contributed by atoms with Crippen LogP contribution in [-0.2, 0) is 13.0 Å². The topological polar surface area (TPSA) is 99.4 Å². The smallest absolute Gasteiger partial charge is 0.340 e. The summed E-state index contributed by atoms with van der Waals surface area (Å²) in [6.07, 6.45) is 0.986. The summed E-state index contributed by atoms with van der Waals surface area (Å²) in [7, 11) is 0. The van der Waals surface area contributed by atoms with Crippen LogP contribution in [0.25, 0.3) is 10.2 Å². The molecule has 0 saturated carbocycles. The van der Waals surface area contributed by atoms with Crippen LogP contribution in [0.5, 0.6) is 0 Å². The number of fused-ring (bicyclic) bond motifs is 1. The predicted molar refractivity (Wildman–Crippen MR) is 87.2 cm³/mol. The van der Waals surface area contributed by atoms with Crippen LogP contribution in [0.1, 0.15) is 31.1 Å². The van der Waals surface area contributed by atoms with E-state index >= 15 is 0 Å². The minimum Gasteiger partial charge on any atom is -0.362 e. The van der Waals surface area contributed by atoms with E-state index in [1.807, 2.05) is 6.92 Å². The molecule has 22 heavy (non-hydrogen) atoms. The van der Waals surface area contributed by atoms with Crippen LogP contribution in [0, 0.1) is 12.8 Å². The summed E-state index contributed by atoms with van der Waals surface area (Å²) >= 11 is 1.64. The van der Waals surface area contributed by atoms with Crippen LogP contribution in [0.3, 0.4) is 0 Å². The Labute approximate surface area is 131 Å². The minimum absolute atomic E-state index is 0.308. The van der Waals surface area contributed by atoms with Crippen molar-refractivity contribution in [3.8, 4) is 0 Å². The molecule has 0 aliphatic heterocycles. The van der Waals surface area contributed by atoms with Crippen molar-refractivity contribution in [1.29, 1.82) is 0 Å².